The van der Waals surface area contributed by atoms with Gasteiger partial charge in [0.1, 0.15) is 0 Å². The molecule has 0 N–H and O–H groups in total. The summed E-state index contributed by atoms with van der Waals surface area (Å²) in [5, 5.41) is 6.80. The molecule has 0 saturated heterocycles. The van der Waals surface area contributed by atoms with Gasteiger partial charge in [-0.1, -0.05) is 17.7 Å². The minimum Gasteiger partial charge on any atom is -0.275 e. The van der Waals surface area contributed by atoms with Gasteiger partial charge in [0.15, 0.2) is 5.52 Å². The highest BCUT2D eigenvalue weighted by Gasteiger charge is 2.15. The lowest BCUT2D eigenvalue weighted by molar-refractivity contribution is 0.667. The van der Waals surface area contributed by atoms with Crippen LogP contribution in [-0.4, -0.2) is 19.3 Å². The highest BCUT2D eigenvalue weighted by atomic mass is 35.5. The van der Waals surface area contributed by atoms with E-state index in [-0.39, 0.29) is 5.56 Å². The van der Waals surface area contributed by atoms with Gasteiger partial charge >= 0.3 is 0 Å². The zero-order chi connectivity index (χ0) is 16.0. The molecule has 4 aromatic rings. The summed E-state index contributed by atoms with van der Waals surface area (Å²) in [6, 6.07) is 9.16. The maximum absolute atomic E-state index is 13.0. The Morgan fingerprint density at radius 2 is 1.91 bits per heavy atom. The second-order valence-corrected chi connectivity index (χ2v) is 5.69. The van der Waals surface area contributed by atoms with Gasteiger partial charge in [0.25, 0.3) is 5.56 Å². The number of hydrogen-bond donors (Lipinski definition) is 0. The van der Waals surface area contributed by atoms with E-state index in [4.69, 9.17) is 11.6 Å². The van der Waals surface area contributed by atoms with Gasteiger partial charge in [-0.25, -0.2) is 0 Å². The first-order valence-corrected chi connectivity index (χ1v) is 7.68. The average molecular weight is 325 g/mol. The molecule has 0 amide bonds. The average Bonchev–Trinajstić information content (AvgIpc) is 3.01. The summed E-state index contributed by atoms with van der Waals surface area (Å²) < 4.78 is 3.41. The Kier molecular flexibility index (Phi) is 3.16. The molecule has 0 saturated carbocycles. The van der Waals surface area contributed by atoms with Crippen molar-refractivity contribution in [1.82, 2.24) is 19.3 Å². The van der Waals surface area contributed by atoms with Gasteiger partial charge in [-0.3, -0.25) is 19.0 Å². The van der Waals surface area contributed by atoms with E-state index in [1.165, 1.54) is 0 Å². The SMILES string of the molecule is CCn1cc2c(n1)c(=O)n(-c1ccncc1)c1cc(Cl)ccc21. The predicted octanol–water partition coefficient (Wildman–Crippen LogP) is 3.41. The maximum atomic E-state index is 13.0. The van der Waals surface area contributed by atoms with Crippen molar-refractivity contribution < 1.29 is 0 Å². The molecule has 0 atom stereocenters. The summed E-state index contributed by atoms with van der Waals surface area (Å²) in [7, 11) is 0. The lowest BCUT2D eigenvalue weighted by Crippen LogP contribution is -2.19. The summed E-state index contributed by atoms with van der Waals surface area (Å²) in [5.74, 6) is 0. The second-order valence-electron chi connectivity index (χ2n) is 5.25. The molecule has 0 aliphatic rings. The molecule has 4 rings (SSSR count). The summed E-state index contributed by atoms with van der Waals surface area (Å²) in [6.07, 6.45) is 5.23. The maximum Gasteiger partial charge on any atom is 0.283 e. The standard InChI is InChI=1S/C17H13ClN4O/c1-2-21-10-14-13-4-3-11(18)9-15(13)22(17(23)16(14)20-21)12-5-7-19-8-6-12/h3-10H,2H2,1H3. The van der Waals surface area contributed by atoms with Crippen molar-refractivity contribution in [2.24, 2.45) is 0 Å². The lowest BCUT2D eigenvalue weighted by Gasteiger charge is -2.11. The predicted molar refractivity (Wildman–Crippen MR) is 91.3 cm³/mol. The van der Waals surface area contributed by atoms with Gasteiger partial charge < -0.3 is 0 Å². The molecule has 3 aromatic heterocycles. The fourth-order valence-electron chi connectivity index (χ4n) is 2.82. The molecule has 0 unspecified atom stereocenters. The van der Waals surface area contributed by atoms with Crippen molar-refractivity contribution in [3.05, 3.63) is 64.3 Å². The summed E-state index contributed by atoms with van der Waals surface area (Å²) in [6.45, 7) is 2.70. The molecule has 0 aliphatic heterocycles. The van der Waals surface area contributed by atoms with Crippen LogP contribution >= 0.6 is 11.6 Å². The van der Waals surface area contributed by atoms with Crippen molar-refractivity contribution in [2.45, 2.75) is 13.5 Å². The molecule has 0 radical (unpaired) electrons. The topological polar surface area (TPSA) is 52.7 Å². The number of rotatable bonds is 2. The third-order valence-corrected chi connectivity index (χ3v) is 4.14. The first-order chi connectivity index (χ1) is 11.2. The number of aryl methyl sites for hydroxylation is 1. The second kappa shape index (κ2) is 5.21. The zero-order valence-corrected chi connectivity index (χ0v) is 13.2. The number of nitrogens with zero attached hydrogens (tertiary/aromatic N) is 4. The molecule has 6 heteroatoms. The van der Waals surface area contributed by atoms with Gasteiger partial charge in [0.05, 0.1) is 11.2 Å². The molecule has 114 valence electrons. The van der Waals surface area contributed by atoms with Crippen molar-refractivity contribution in [3.63, 3.8) is 0 Å². The van der Waals surface area contributed by atoms with Crippen LogP contribution in [0.2, 0.25) is 5.02 Å². The minimum atomic E-state index is -0.159. The number of hydrogen-bond acceptors (Lipinski definition) is 3. The number of aromatic nitrogens is 4. The van der Waals surface area contributed by atoms with Crippen molar-refractivity contribution >= 4 is 33.4 Å². The van der Waals surface area contributed by atoms with Gasteiger partial charge in [-0.15, -0.1) is 0 Å². The summed E-state index contributed by atoms with van der Waals surface area (Å²) in [4.78, 5) is 17.0. The number of fused-ring (bicyclic) bond motifs is 3. The first-order valence-electron chi connectivity index (χ1n) is 7.31. The fourth-order valence-corrected chi connectivity index (χ4v) is 2.99. The third-order valence-electron chi connectivity index (χ3n) is 3.90. The van der Waals surface area contributed by atoms with Crippen molar-refractivity contribution in [3.8, 4) is 5.69 Å². The van der Waals surface area contributed by atoms with Crippen LogP contribution in [0.25, 0.3) is 27.5 Å². The Morgan fingerprint density at radius 1 is 1.13 bits per heavy atom. The van der Waals surface area contributed by atoms with Crippen molar-refractivity contribution in [1.29, 1.82) is 0 Å². The van der Waals surface area contributed by atoms with E-state index in [1.807, 2.05) is 25.3 Å². The summed E-state index contributed by atoms with van der Waals surface area (Å²) in [5.41, 5.74) is 1.80. The van der Waals surface area contributed by atoms with Crippen LogP contribution in [-0.2, 0) is 6.54 Å². The van der Waals surface area contributed by atoms with Crippen LogP contribution < -0.4 is 5.56 Å². The Bertz CT molecular complexity index is 1080. The Balaban J connectivity index is 2.24. The lowest BCUT2D eigenvalue weighted by atomic mass is 10.1. The quantitative estimate of drug-likeness (QED) is 0.568. The van der Waals surface area contributed by atoms with E-state index in [0.29, 0.717) is 17.1 Å². The molecule has 3 heterocycles. The van der Waals surface area contributed by atoms with E-state index in [0.717, 1.165) is 22.0 Å². The Morgan fingerprint density at radius 3 is 2.65 bits per heavy atom. The van der Waals surface area contributed by atoms with Gasteiger partial charge in [0, 0.05) is 40.9 Å². The van der Waals surface area contributed by atoms with Crippen LogP contribution in [0, 0.1) is 0 Å². The minimum absolute atomic E-state index is 0.159. The normalized spacial score (nSPS) is 11.4. The molecule has 0 aliphatic carbocycles. The summed E-state index contributed by atoms with van der Waals surface area (Å²) >= 11 is 6.17. The van der Waals surface area contributed by atoms with Gasteiger partial charge in [-0.05, 0) is 31.2 Å². The molecular formula is C17H13ClN4O. The van der Waals surface area contributed by atoms with E-state index in [1.54, 1.807) is 39.8 Å². The number of pyridine rings is 2. The molecule has 5 nitrogen and oxygen atoms in total. The fraction of sp³-hybridized carbons (Fsp3) is 0.118. The number of halogens is 1. The van der Waals surface area contributed by atoms with Gasteiger partial charge in [-0.2, -0.15) is 5.10 Å². The first kappa shape index (κ1) is 14.0. The molecule has 1 aromatic carbocycles. The Labute approximate surface area is 136 Å². The van der Waals surface area contributed by atoms with Gasteiger partial charge in [0.2, 0.25) is 0 Å². The molecule has 0 fully saturated rings. The van der Waals surface area contributed by atoms with Crippen LogP contribution in [0.4, 0.5) is 0 Å². The molecular weight excluding hydrogens is 312 g/mol. The van der Waals surface area contributed by atoms with Crippen LogP contribution in [0.15, 0.2) is 53.7 Å². The monoisotopic (exact) mass is 324 g/mol. The van der Waals surface area contributed by atoms with Crippen LogP contribution in [0.1, 0.15) is 6.92 Å². The van der Waals surface area contributed by atoms with E-state index >= 15 is 0 Å². The number of benzene rings is 1. The smallest absolute Gasteiger partial charge is 0.275 e. The van der Waals surface area contributed by atoms with Crippen molar-refractivity contribution in [2.75, 3.05) is 0 Å². The van der Waals surface area contributed by atoms with Crippen LogP contribution in [0.3, 0.4) is 0 Å². The van der Waals surface area contributed by atoms with E-state index < -0.39 is 0 Å². The van der Waals surface area contributed by atoms with E-state index in [9.17, 15) is 4.79 Å². The molecule has 0 spiro atoms. The van der Waals surface area contributed by atoms with E-state index in [2.05, 4.69) is 10.1 Å². The molecule has 23 heavy (non-hydrogen) atoms. The third kappa shape index (κ3) is 2.12. The highest BCUT2D eigenvalue weighted by Crippen LogP contribution is 2.26. The zero-order valence-electron chi connectivity index (χ0n) is 12.4. The largest absolute Gasteiger partial charge is 0.283 e. The molecule has 0 bridgehead atoms. The Hall–Kier alpha value is -2.66. The highest BCUT2D eigenvalue weighted by molar-refractivity contribution is 6.31. The van der Waals surface area contributed by atoms with Crippen LogP contribution in [0.5, 0.6) is 0 Å².